The van der Waals surface area contributed by atoms with Crippen LogP contribution >= 0.6 is 0 Å². The van der Waals surface area contributed by atoms with Crippen LogP contribution in [-0.4, -0.2) is 22.5 Å². The third kappa shape index (κ3) is 4.43. The lowest BCUT2D eigenvalue weighted by molar-refractivity contribution is -0.274. The second-order valence-electron chi connectivity index (χ2n) is 5.20. The SMILES string of the molecule is O=C(Cc1cccc(OC(F)(F)F)c1)Nc1nncc2ccccc12. The van der Waals surface area contributed by atoms with Crippen molar-refractivity contribution in [2.24, 2.45) is 0 Å². The number of carbonyl (C=O) groups excluding carboxylic acids is 1. The number of ether oxygens (including phenoxy) is 1. The van der Waals surface area contributed by atoms with E-state index in [0.717, 1.165) is 10.8 Å². The second kappa shape index (κ2) is 6.76. The molecule has 0 spiro atoms. The first-order chi connectivity index (χ1) is 11.9. The Hall–Kier alpha value is -3.16. The van der Waals surface area contributed by atoms with Crippen LogP contribution in [0.2, 0.25) is 0 Å². The average molecular weight is 347 g/mol. The van der Waals surface area contributed by atoms with E-state index in [1.807, 2.05) is 12.1 Å². The molecule has 1 aromatic heterocycles. The van der Waals surface area contributed by atoms with E-state index in [4.69, 9.17) is 0 Å². The first-order valence-corrected chi connectivity index (χ1v) is 7.26. The van der Waals surface area contributed by atoms with E-state index in [-0.39, 0.29) is 12.2 Å². The topological polar surface area (TPSA) is 64.1 Å². The molecule has 1 amide bonds. The summed E-state index contributed by atoms with van der Waals surface area (Å²) in [7, 11) is 0. The van der Waals surface area contributed by atoms with Crippen molar-refractivity contribution < 1.29 is 22.7 Å². The summed E-state index contributed by atoms with van der Waals surface area (Å²) in [6.07, 6.45) is -3.33. The maximum Gasteiger partial charge on any atom is 0.573 e. The number of amides is 1. The number of benzene rings is 2. The summed E-state index contributed by atoms with van der Waals surface area (Å²) in [5.74, 6) is -0.497. The molecule has 0 fully saturated rings. The Morgan fingerprint density at radius 1 is 1.12 bits per heavy atom. The number of anilines is 1. The number of carbonyl (C=O) groups is 1. The first kappa shape index (κ1) is 16.7. The van der Waals surface area contributed by atoms with Gasteiger partial charge in [-0.25, -0.2) is 0 Å². The standard InChI is InChI=1S/C17H12F3N3O2/c18-17(19,20)25-13-6-3-4-11(8-13)9-15(24)22-16-14-7-2-1-5-12(14)10-21-23-16/h1-8,10H,9H2,(H,22,23,24). The molecule has 3 rings (SSSR count). The molecular formula is C17H12F3N3O2. The maximum atomic E-state index is 12.3. The highest BCUT2D eigenvalue weighted by atomic mass is 19.4. The van der Waals surface area contributed by atoms with E-state index >= 15 is 0 Å². The summed E-state index contributed by atoms with van der Waals surface area (Å²) in [6, 6.07) is 12.5. The summed E-state index contributed by atoms with van der Waals surface area (Å²) >= 11 is 0. The largest absolute Gasteiger partial charge is 0.573 e. The van der Waals surface area contributed by atoms with Crippen LogP contribution in [0.4, 0.5) is 19.0 Å². The van der Waals surface area contributed by atoms with Gasteiger partial charge in [0.2, 0.25) is 5.91 Å². The summed E-state index contributed by atoms with van der Waals surface area (Å²) < 4.78 is 40.6. The van der Waals surface area contributed by atoms with Gasteiger partial charge in [0.1, 0.15) is 5.75 Å². The van der Waals surface area contributed by atoms with Gasteiger partial charge in [-0.1, -0.05) is 36.4 Å². The Kier molecular flexibility index (Phi) is 4.51. The van der Waals surface area contributed by atoms with Gasteiger partial charge in [-0.15, -0.1) is 18.3 Å². The molecule has 1 heterocycles. The van der Waals surface area contributed by atoms with Crippen molar-refractivity contribution in [1.82, 2.24) is 10.2 Å². The van der Waals surface area contributed by atoms with Gasteiger partial charge in [0.25, 0.3) is 0 Å². The van der Waals surface area contributed by atoms with Gasteiger partial charge in [-0.2, -0.15) is 5.10 Å². The van der Waals surface area contributed by atoms with E-state index in [0.29, 0.717) is 11.4 Å². The Morgan fingerprint density at radius 3 is 2.72 bits per heavy atom. The molecule has 5 nitrogen and oxygen atoms in total. The van der Waals surface area contributed by atoms with E-state index < -0.39 is 12.3 Å². The van der Waals surface area contributed by atoms with Crippen LogP contribution in [0.5, 0.6) is 5.75 Å². The van der Waals surface area contributed by atoms with Crippen LogP contribution in [0.1, 0.15) is 5.56 Å². The number of nitrogens with zero attached hydrogens (tertiary/aromatic N) is 2. The van der Waals surface area contributed by atoms with Crippen LogP contribution in [0.3, 0.4) is 0 Å². The summed E-state index contributed by atoms with van der Waals surface area (Å²) in [4.78, 5) is 12.2. The minimum atomic E-state index is -4.78. The predicted molar refractivity (Wildman–Crippen MR) is 85.0 cm³/mol. The van der Waals surface area contributed by atoms with Gasteiger partial charge in [0.05, 0.1) is 12.6 Å². The summed E-state index contributed by atoms with van der Waals surface area (Å²) in [5.41, 5.74) is 0.382. The number of rotatable bonds is 4. The van der Waals surface area contributed by atoms with Crippen molar-refractivity contribution in [3.8, 4) is 5.75 Å². The third-order valence-corrected chi connectivity index (χ3v) is 3.32. The van der Waals surface area contributed by atoms with Crippen LogP contribution in [0.25, 0.3) is 10.8 Å². The molecule has 8 heteroatoms. The zero-order valence-electron chi connectivity index (χ0n) is 12.7. The molecule has 0 saturated heterocycles. The van der Waals surface area contributed by atoms with Crippen LogP contribution < -0.4 is 10.1 Å². The molecule has 25 heavy (non-hydrogen) atoms. The fourth-order valence-corrected chi connectivity index (χ4v) is 2.33. The van der Waals surface area contributed by atoms with Crippen molar-refractivity contribution in [1.29, 1.82) is 0 Å². The number of hydrogen-bond donors (Lipinski definition) is 1. The van der Waals surface area contributed by atoms with Gasteiger partial charge < -0.3 is 10.1 Å². The monoisotopic (exact) mass is 347 g/mol. The van der Waals surface area contributed by atoms with E-state index in [9.17, 15) is 18.0 Å². The highest BCUT2D eigenvalue weighted by molar-refractivity contribution is 6.00. The molecule has 0 aliphatic rings. The number of halogens is 3. The molecule has 0 aliphatic carbocycles. The fraction of sp³-hybridized carbons (Fsp3) is 0.118. The van der Waals surface area contributed by atoms with Crippen LogP contribution in [0.15, 0.2) is 54.7 Å². The van der Waals surface area contributed by atoms with Gasteiger partial charge >= 0.3 is 6.36 Å². The molecule has 3 aromatic rings. The Morgan fingerprint density at radius 2 is 1.92 bits per heavy atom. The molecule has 128 valence electrons. The number of alkyl halides is 3. The molecule has 0 saturated carbocycles. The predicted octanol–water partition coefficient (Wildman–Crippen LogP) is 3.71. The number of aromatic nitrogens is 2. The van der Waals surface area contributed by atoms with Crippen molar-refractivity contribution >= 4 is 22.5 Å². The average Bonchev–Trinajstić information content (AvgIpc) is 2.54. The van der Waals surface area contributed by atoms with Gasteiger partial charge in [-0.3, -0.25) is 4.79 Å². The molecule has 0 atom stereocenters. The zero-order valence-corrected chi connectivity index (χ0v) is 12.7. The fourth-order valence-electron chi connectivity index (χ4n) is 2.33. The van der Waals surface area contributed by atoms with E-state index in [2.05, 4.69) is 20.3 Å². The van der Waals surface area contributed by atoms with Crippen molar-refractivity contribution in [3.05, 3.63) is 60.3 Å². The molecule has 2 aromatic carbocycles. The lowest BCUT2D eigenvalue weighted by atomic mass is 10.1. The molecule has 0 aliphatic heterocycles. The second-order valence-corrected chi connectivity index (χ2v) is 5.20. The van der Waals surface area contributed by atoms with Crippen molar-refractivity contribution in [2.45, 2.75) is 12.8 Å². The van der Waals surface area contributed by atoms with E-state index in [1.54, 1.807) is 18.3 Å². The smallest absolute Gasteiger partial charge is 0.406 e. The highest BCUT2D eigenvalue weighted by Gasteiger charge is 2.31. The van der Waals surface area contributed by atoms with Crippen molar-refractivity contribution in [3.63, 3.8) is 0 Å². The van der Waals surface area contributed by atoms with Crippen LogP contribution in [0, 0.1) is 0 Å². The highest BCUT2D eigenvalue weighted by Crippen LogP contribution is 2.24. The maximum absolute atomic E-state index is 12.3. The van der Waals surface area contributed by atoms with Crippen molar-refractivity contribution in [2.75, 3.05) is 5.32 Å². The molecule has 0 radical (unpaired) electrons. The Balaban J connectivity index is 1.73. The Labute approximate surface area is 140 Å². The quantitative estimate of drug-likeness (QED) is 0.781. The number of hydrogen-bond acceptors (Lipinski definition) is 4. The third-order valence-electron chi connectivity index (χ3n) is 3.32. The molecule has 0 bridgehead atoms. The normalized spacial score (nSPS) is 11.3. The van der Waals surface area contributed by atoms with Gasteiger partial charge in [0.15, 0.2) is 5.82 Å². The Bertz CT molecular complexity index is 908. The number of nitrogens with one attached hydrogen (secondary N) is 1. The minimum Gasteiger partial charge on any atom is -0.406 e. The lowest BCUT2D eigenvalue weighted by Gasteiger charge is -2.10. The molecule has 0 unspecified atom stereocenters. The zero-order chi connectivity index (χ0) is 17.9. The number of fused-ring (bicyclic) bond motifs is 1. The molecular weight excluding hydrogens is 335 g/mol. The molecule has 1 N–H and O–H groups in total. The van der Waals surface area contributed by atoms with Gasteiger partial charge in [0, 0.05) is 10.8 Å². The van der Waals surface area contributed by atoms with Gasteiger partial charge in [-0.05, 0) is 17.7 Å². The van der Waals surface area contributed by atoms with Crippen LogP contribution in [-0.2, 0) is 11.2 Å². The lowest BCUT2D eigenvalue weighted by Crippen LogP contribution is -2.18. The van der Waals surface area contributed by atoms with E-state index in [1.165, 1.54) is 24.3 Å². The minimum absolute atomic E-state index is 0.125. The summed E-state index contributed by atoms with van der Waals surface area (Å²) in [5, 5.41) is 11.9. The summed E-state index contributed by atoms with van der Waals surface area (Å²) in [6.45, 7) is 0. The first-order valence-electron chi connectivity index (χ1n) is 7.26.